The Kier molecular flexibility index (Phi) is 5.04. The molecule has 1 aromatic carbocycles. The second kappa shape index (κ2) is 6.61. The van der Waals surface area contributed by atoms with Crippen molar-refractivity contribution in [2.45, 2.75) is 46.1 Å². The van der Waals surface area contributed by atoms with E-state index < -0.39 is 6.04 Å². The fourth-order valence-corrected chi connectivity index (χ4v) is 3.18. The van der Waals surface area contributed by atoms with E-state index in [0.29, 0.717) is 11.3 Å². The summed E-state index contributed by atoms with van der Waals surface area (Å²) in [6.45, 7) is 8.56. The van der Waals surface area contributed by atoms with E-state index >= 15 is 0 Å². The second-order valence-electron chi connectivity index (χ2n) is 7.21. The van der Waals surface area contributed by atoms with Crippen LogP contribution in [0.5, 0.6) is 0 Å². The molecule has 1 saturated heterocycles. The van der Waals surface area contributed by atoms with E-state index in [1.54, 1.807) is 0 Å². The molecular weight excluding hydrogens is 260 g/mol. The minimum absolute atomic E-state index is 0.0655. The quantitative estimate of drug-likeness (QED) is 0.907. The van der Waals surface area contributed by atoms with Gasteiger partial charge in [-0.2, -0.15) is 0 Å². The van der Waals surface area contributed by atoms with Gasteiger partial charge < -0.3 is 10.6 Å². The molecule has 1 amide bonds. The smallest absolute Gasteiger partial charge is 0.244 e. The Balaban J connectivity index is 2.00. The standard InChI is InChI=1S/C18H28N2O/c1-18(2,3)15-10-7-12-20(13-11-15)17(21)16(19)14-8-5-4-6-9-14/h4-6,8-9,15-16H,7,10-13,19H2,1-3H3. The maximum atomic E-state index is 12.6. The predicted molar refractivity (Wildman–Crippen MR) is 86.7 cm³/mol. The van der Waals surface area contributed by atoms with Gasteiger partial charge >= 0.3 is 0 Å². The van der Waals surface area contributed by atoms with E-state index in [9.17, 15) is 4.79 Å². The fraction of sp³-hybridized carbons (Fsp3) is 0.611. The second-order valence-corrected chi connectivity index (χ2v) is 7.21. The van der Waals surface area contributed by atoms with Crippen LogP contribution in [0.4, 0.5) is 0 Å². The first kappa shape index (κ1) is 16.0. The van der Waals surface area contributed by atoms with Crippen LogP contribution in [0.3, 0.4) is 0 Å². The highest BCUT2D eigenvalue weighted by Crippen LogP contribution is 2.34. The number of amides is 1. The summed E-state index contributed by atoms with van der Waals surface area (Å²) in [7, 11) is 0. The molecule has 21 heavy (non-hydrogen) atoms. The van der Waals surface area contributed by atoms with E-state index in [4.69, 9.17) is 5.73 Å². The molecule has 2 N–H and O–H groups in total. The van der Waals surface area contributed by atoms with Crippen LogP contribution in [0.15, 0.2) is 30.3 Å². The van der Waals surface area contributed by atoms with Gasteiger partial charge in [-0.05, 0) is 36.2 Å². The SMILES string of the molecule is CC(C)(C)C1CCCN(C(=O)C(N)c2ccccc2)CC1. The van der Waals surface area contributed by atoms with Gasteiger partial charge in [0.2, 0.25) is 5.91 Å². The Morgan fingerprint density at radius 2 is 1.86 bits per heavy atom. The van der Waals surface area contributed by atoms with Crippen molar-refractivity contribution in [3.63, 3.8) is 0 Å². The third-order valence-corrected chi connectivity index (χ3v) is 4.69. The molecule has 0 aromatic heterocycles. The highest BCUT2D eigenvalue weighted by Gasteiger charge is 2.30. The van der Waals surface area contributed by atoms with Gasteiger partial charge in [0, 0.05) is 13.1 Å². The van der Waals surface area contributed by atoms with Gasteiger partial charge in [0.1, 0.15) is 6.04 Å². The average Bonchev–Trinajstić information content (AvgIpc) is 2.72. The molecule has 1 fully saturated rings. The fourth-order valence-electron chi connectivity index (χ4n) is 3.18. The first-order chi connectivity index (χ1) is 9.89. The first-order valence-electron chi connectivity index (χ1n) is 7.99. The lowest BCUT2D eigenvalue weighted by molar-refractivity contribution is -0.132. The summed E-state index contributed by atoms with van der Waals surface area (Å²) in [6.07, 6.45) is 3.36. The minimum atomic E-state index is -0.530. The normalized spacial score (nSPS) is 21.7. The molecule has 1 heterocycles. The number of carbonyl (C=O) groups is 1. The minimum Gasteiger partial charge on any atom is -0.341 e. The zero-order valence-electron chi connectivity index (χ0n) is 13.5. The van der Waals surface area contributed by atoms with Gasteiger partial charge in [-0.25, -0.2) is 0 Å². The van der Waals surface area contributed by atoms with Crippen molar-refractivity contribution in [1.82, 2.24) is 4.90 Å². The Morgan fingerprint density at radius 3 is 2.48 bits per heavy atom. The van der Waals surface area contributed by atoms with E-state index in [1.165, 1.54) is 6.42 Å². The summed E-state index contributed by atoms with van der Waals surface area (Å²) in [4.78, 5) is 14.6. The van der Waals surface area contributed by atoms with Crippen molar-refractivity contribution in [1.29, 1.82) is 0 Å². The molecule has 1 aliphatic rings. The Hall–Kier alpha value is -1.35. The molecule has 0 radical (unpaired) electrons. The molecule has 2 unspecified atom stereocenters. The van der Waals surface area contributed by atoms with Crippen LogP contribution in [0.1, 0.15) is 51.6 Å². The van der Waals surface area contributed by atoms with Gasteiger partial charge in [-0.1, -0.05) is 51.1 Å². The van der Waals surface area contributed by atoms with Crippen molar-refractivity contribution in [3.8, 4) is 0 Å². The molecule has 0 aliphatic carbocycles. The summed E-state index contributed by atoms with van der Waals surface area (Å²) in [5, 5.41) is 0. The van der Waals surface area contributed by atoms with Crippen molar-refractivity contribution >= 4 is 5.91 Å². The van der Waals surface area contributed by atoms with E-state index in [2.05, 4.69) is 20.8 Å². The highest BCUT2D eigenvalue weighted by atomic mass is 16.2. The number of benzene rings is 1. The van der Waals surface area contributed by atoms with Crippen molar-refractivity contribution in [3.05, 3.63) is 35.9 Å². The highest BCUT2D eigenvalue weighted by molar-refractivity contribution is 5.83. The van der Waals surface area contributed by atoms with Crippen LogP contribution >= 0.6 is 0 Å². The maximum Gasteiger partial charge on any atom is 0.244 e. The van der Waals surface area contributed by atoms with Gasteiger partial charge in [-0.15, -0.1) is 0 Å². The number of nitrogens with zero attached hydrogens (tertiary/aromatic N) is 1. The van der Waals surface area contributed by atoms with Gasteiger partial charge in [-0.3, -0.25) is 4.79 Å². The molecule has 1 aromatic rings. The molecule has 3 heteroatoms. The lowest BCUT2D eigenvalue weighted by Crippen LogP contribution is -2.39. The molecule has 116 valence electrons. The molecular formula is C18H28N2O. The predicted octanol–water partition coefficient (Wildman–Crippen LogP) is 3.36. The van der Waals surface area contributed by atoms with Crippen molar-refractivity contribution < 1.29 is 4.79 Å². The number of carbonyl (C=O) groups excluding carboxylic acids is 1. The zero-order valence-corrected chi connectivity index (χ0v) is 13.5. The van der Waals surface area contributed by atoms with Gasteiger partial charge in [0.15, 0.2) is 0 Å². The Labute approximate surface area is 128 Å². The molecule has 0 spiro atoms. The number of hydrogen-bond donors (Lipinski definition) is 1. The van der Waals surface area contributed by atoms with Gasteiger partial charge in [0.25, 0.3) is 0 Å². The Morgan fingerprint density at radius 1 is 1.19 bits per heavy atom. The van der Waals surface area contributed by atoms with Crippen LogP contribution < -0.4 is 5.73 Å². The molecule has 2 rings (SSSR count). The van der Waals surface area contributed by atoms with Crippen LogP contribution in [0, 0.1) is 11.3 Å². The van der Waals surface area contributed by atoms with E-state index in [1.807, 2.05) is 35.2 Å². The van der Waals surface area contributed by atoms with Crippen LogP contribution in [0.25, 0.3) is 0 Å². The number of rotatable bonds is 2. The first-order valence-corrected chi connectivity index (χ1v) is 7.99. The average molecular weight is 288 g/mol. The molecule has 0 saturated carbocycles. The topological polar surface area (TPSA) is 46.3 Å². The molecule has 1 aliphatic heterocycles. The van der Waals surface area contributed by atoms with E-state index in [0.717, 1.165) is 31.5 Å². The summed E-state index contributed by atoms with van der Waals surface area (Å²) >= 11 is 0. The molecule has 0 bridgehead atoms. The lowest BCUT2D eigenvalue weighted by Gasteiger charge is -2.30. The third kappa shape index (κ3) is 4.07. The zero-order chi connectivity index (χ0) is 15.5. The van der Waals surface area contributed by atoms with Crippen LogP contribution in [-0.2, 0) is 4.79 Å². The molecule has 3 nitrogen and oxygen atoms in total. The van der Waals surface area contributed by atoms with Crippen LogP contribution in [0.2, 0.25) is 0 Å². The Bertz CT molecular complexity index is 464. The third-order valence-electron chi connectivity index (χ3n) is 4.69. The lowest BCUT2D eigenvalue weighted by atomic mass is 9.77. The summed E-state index contributed by atoms with van der Waals surface area (Å²) in [5.74, 6) is 0.749. The monoisotopic (exact) mass is 288 g/mol. The summed E-state index contributed by atoms with van der Waals surface area (Å²) < 4.78 is 0. The number of nitrogens with two attached hydrogens (primary N) is 1. The molecule has 2 atom stereocenters. The number of likely N-dealkylation sites (tertiary alicyclic amines) is 1. The number of hydrogen-bond acceptors (Lipinski definition) is 2. The maximum absolute atomic E-state index is 12.6. The summed E-state index contributed by atoms with van der Waals surface area (Å²) in [6, 6.07) is 9.13. The van der Waals surface area contributed by atoms with E-state index in [-0.39, 0.29) is 5.91 Å². The van der Waals surface area contributed by atoms with Gasteiger partial charge in [0.05, 0.1) is 0 Å². The van der Waals surface area contributed by atoms with Crippen LogP contribution in [-0.4, -0.2) is 23.9 Å². The van der Waals surface area contributed by atoms with Crippen molar-refractivity contribution in [2.75, 3.05) is 13.1 Å². The summed E-state index contributed by atoms with van der Waals surface area (Å²) in [5.41, 5.74) is 7.37. The largest absolute Gasteiger partial charge is 0.341 e. The van der Waals surface area contributed by atoms with Crippen molar-refractivity contribution in [2.24, 2.45) is 17.1 Å².